The average Bonchev–Trinajstić information content (AvgIpc) is 3.30. The molecule has 0 aromatic heterocycles. The number of fused-ring (bicyclic) bond motifs is 2. The van der Waals surface area contributed by atoms with E-state index in [2.05, 4.69) is 241 Å². The van der Waals surface area contributed by atoms with E-state index in [9.17, 15) is 0 Å². The summed E-state index contributed by atoms with van der Waals surface area (Å²) in [4.78, 5) is 2.36. The summed E-state index contributed by atoms with van der Waals surface area (Å²) < 4.78 is 0. The quantitative estimate of drug-likeness (QED) is 0.151. The molecule has 57 heavy (non-hydrogen) atoms. The molecule has 0 amide bonds. The second-order valence-electron chi connectivity index (χ2n) is 14.6. The number of nitrogens with zero attached hydrogens (tertiary/aromatic N) is 1. The summed E-state index contributed by atoms with van der Waals surface area (Å²) in [6.45, 7) is 0. The summed E-state index contributed by atoms with van der Waals surface area (Å²) in [5, 5.41) is 5.01. The van der Waals surface area contributed by atoms with Gasteiger partial charge in [0, 0.05) is 17.1 Å². The predicted molar refractivity (Wildman–Crippen MR) is 243 cm³/mol. The van der Waals surface area contributed by atoms with Crippen LogP contribution in [0.5, 0.6) is 0 Å². The van der Waals surface area contributed by atoms with Crippen LogP contribution in [-0.2, 0) is 0 Å². The van der Waals surface area contributed by atoms with Crippen LogP contribution in [0, 0.1) is 0 Å². The van der Waals surface area contributed by atoms with Crippen LogP contribution in [0.4, 0.5) is 17.1 Å². The molecule has 10 rings (SSSR count). The van der Waals surface area contributed by atoms with Crippen molar-refractivity contribution >= 4 is 38.6 Å². The molecule has 0 unspecified atom stereocenters. The molecule has 0 saturated heterocycles. The number of rotatable bonds is 8. The molecule has 0 spiro atoms. The fourth-order valence-electron chi connectivity index (χ4n) is 8.16. The van der Waals surface area contributed by atoms with Gasteiger partial charge in [-0.2, -0.15) is 0 Å². The fourth-order valence-corrected chi connectivity index (χ4v) is 8.16. The van der Waals surface area contributed by atoms with Gasteiger partial charge in [0.1, 0.15) is 0 Å². The summed E-state index contributed by atoms with van der Waals surface area (Å²) in [7, 11) is 0. The Morgan fingerprint density at radius 2 is 0.719 bits per heavy atom. The molecule has 0 aliphatic heterocycles. The zero-order chi connectivity index (χ0) is 38.0. The lowest BCUT2D eigenvalue weighted by molar-refractivity contribution is 1.28. The first-order valence-electron chi connectivity index (χ1n) is 19.6. The van der Waals surface area contributed by atoms with E-state index in [-0.39, 0.29) is 0 Å². The fraction of sp³-hybridized carbons (Fsp3) is 0. The van der Waals surface area contributed by atoms with Crippen LogP contribution in [0.2, 0.25) is 0 Å². The SMILES string of the molecule is c1ccc(-c2cccc(N(c3ccc(-c4ccc(-c5ccc6ccccc6c5)c(-c5ccccc5)c4)cc3)c3ccc(-c4cccc5ccccc45)cc3)c2)cc1. The highest BCUT2D eigenvalue weighted by Crippen LogP contribution is 2.41. The standard InChI is InChI=1S/C56H39N/c1-3-13-40(14-4-1)47-21-11-22-52(38-47)57(51-34-29-45(30-35-51)54-24-12-20-43-18-9-10-23-53(43)54)50-32-27-42(28-33-50)48-31-36-55(56(39-48)44-16-5-2-6-17-44)49-26-25-41-15-7-8-19-46(41)37-49/h1-39H. The number of hydrogen-bond donors (Lipinski definition) is 0. The van der Waals surface area contributed by atoms with E-state index in [0.29, 0.717) is 0 Å². The minimum Gasteiger partial charge on any atom is -0.310 e. The molecule has 0 aliphatic rings. The van der Waals surface area contributed by atoms with Gasteiger partial charge in [0.15, 0.2) is 0 Å². The molecule has 0 atom stereocenters. The van der Waals surface area contributed by atoms with Gasteiger partial charge in [-0.05, 0) is 126 Å². The maximum atomic E-state index is 2.36. The van der Waals surface area contributed by atoms with Gasteiger partial charge < -0.3 is 4.90 Å². The third-order valence-electron chi connectivity index (χ3n) is 11.1. The Kier molecular flexibility index (Phi) is 8.95. The van der Waals surface area contributed by atoms with Crippen LogP contribution in [0.25, 0.3) is 77.2 Å². The number of hydrogen-bond acceptors (Lipinski definition) is 1. The first-order chi connectivity index (χ1) is 28.2. The Hall–Kier alpha value is -7.48. The second-order valence-corrected chi connectivity index (χ2v) is 14.6. The number of anilines is 3. The highest BCUT2D eigenvalue weighted by Gasteiger charge is 2.16. The Morgan fingerprint density at radius 1 is 0.211 bits per heavy atom. The highest BCUT2D eigenvalue weighted by atomic mass is 15.1. The third kappa shape index (κ3) is 6.77. The van der Waals surface area contributed by atoms with Crippen molar-refractivity contribution in [2.45, 2.75) is 0 Å². The predicted octanol–water partition coefficient (Wildman–Crippen LogP) is 15.8. The maximum Gasteiger partial charge on any atom is 0.0467 e. The van der Waals surface area contributed by atoms with Crippen molar-refractivity contribution in [1.29, 1.82) is 0 Å². The van der Waals surface area contributed by atoms with Gasteiger partial charge in [0.05, 0.1) is 0 Å². The van der Waals surface area contributed by atoms with E-state index >= 15 is 0 Å². The molecular formula is C56H39N. The molecule has 0 radical (unpaired) electrons. The Balaban J connectivity index is 1.05. The second kappa shape index (κ2) is 15.0. The Bertz CT molecular complexity index is 2980. The van der Waals surface area contributed by atoms with Gasteiger partial charge in [0.25, 0.3) is 0 Å². The smallest absolute Gasteiger partial charge is 0.0467 e. The number of benzene rings is 10. The van der Waals surface area contributed by atoms with Crippen molar-refractivity contribution in [3.8, 4) is 55.6 Å². The lowest BCUT2D eigenvalue weighted by atomic mass is 9.90. The summed E-state index contributed by atoms with van der Waals surface area (Å²) in [6, 6.07) is 85.6. The third-order valence-corrected chi connectivity index (χ3v) is 11.1. The maximum absolute atomic E-state index is 2.36. The Labute approximate surface area is 334 Å². The molecule has 0 bridgehead atoms. The van der Waals surface area contributed by atoms with Crippen molar-refractivity contribution in [1.82, 2.24) is 0 Å². The van der Waals surface area contributed by atoms with E-state index < -0.39 is 0 Å². The molecule has 1 heteroatoms. The van der Waals surface area contributed by atoms with E-state index in [1.165, 1.54) is 77.2 Å². The molecule has 10 aromatic carbocycles. The molecule has 0 N–H and O–H groups in total. The molecule has 10 aromatic rings. The van der Waals surface area contributed by atoms with Gasteiger partial charge in [-0.3, -0.25) is 0 Å². The van der Waals surface area contributed by atoms with Crippen molar-refractivity contribution in [2.75, 3.05) is 4.90 Å². The minimum atomic E-state index is 1.10. The summed E-state index contributed by atoms with van der Waals surface area (Å²) in [6.07, 6.45) is 0. The normalized spacial score (nSPS) is 11.2. The van der Waals surface area contributed by atoms with Gasteiger partial charge in [-0.1, -0.05) is 188 Å². The molecular weight excluding hydrogens is 687 g/mol. The van der Waals surface area contributed by atoms with E-state index in [0.717, 1.165) is 17.1 Å². The van der Waals surface area contributed by atoms with Crippen LogP contribution in [0.1, 0.15) is 0 Å². The molecule has 1 nitrogen and oxygen atoms in total. The van der Waals surface area contributed by atoms with E-state index in [1.807, 2.05) is 0 Å². The monoisotopic (exact) mass is 725 g/mol. The summed E-state index contributed by atoms with van der Waals surface area (Å²) in [5.74, 6) is 0. The van der Waals surface area contributed by atoms with Crippen LogP contribution in [0.15, 0.2) is 237 Å². The van der Waals surface area contributed by atoms with Gasteiger partial charge >= 0.3 is 0 Å². The summed E-state index contributed by atoms with van der Waals surface area (Å²) in [5.41, 5.74) is 15.3. The van der Waals surface area contributed by atoms with Gasteiger partial charge in [-0.25, -0.2) is 0 Å². The first kappa shape index (κ1) is 34.0. The minimum absolute atomic E-state index is 1.10. The van der Waals surface area contributed by atoms with Gasteiger partial charge in [-0.15, -0.1) is 0 Å². The Morgan fingerprint density at radius 3 is 1.47 bits per heavy atom. The highest BCUT2D eigenvalue weighted by molar-refractivity contribution is 5.97. The summed E-state index contributed by atoms with van der Waals surface area (Å²) >= 11 is 0. The van der Waals surface area contributed by atoms with Crippen molar-refractivity contribution in [3.05, 3.63) is 237 Å². The average molecular weight is 726 g/mol. The van der Waals surface area contributed by atoms with E-state index in [4.69, 9.17) is 0 Å². The van der Waals surface area contributed by atoms with Crippen molar-refractivity contribution in [3.63, 3.8) is 0 Å². The molecule has 0 saturated carbocycles. The molecule has 268 valence electrons. The van der Waals surface area contributed by atoms with Crippen LogP contribution in [-0.4, -0.2) is 0 Å². The largest absolute Gasteiger partial charge is 0.310 e. The van der Waals surface area contributed by atoms with Crippen LogP contribution >= 0.6 is 0 Å². The van der Waals surface area contributed by atoms with Crippen molar-refractivity contribution in [2.24, 2.45) is 0 Å². The lowest BCUT2D eigenvalue weighted by Crippen LogP contribution is -2.10. The topological polar surface area (TPSA) is 3.24 Å². The molecule has 0 heterocycles. The zero-order valence-corrected chi connectivity index (χ0v) is 31.5. The lowest BCUT2D eigenvalue weighted by Gasteiger charge is -2.26. The zero-order valence-electron chi connectivity index (χ0n) is 31.5. The van der Waals surface area contributed by atoms with Gasteiger partial charge in [0.2, 0.25) is 0 Å². The molecule has 0 aliphatic carbocycles. The first-order valence-corrected chi connectivity index (χ1v) is 19.6. The van der Waals surface area contributed by atoms with Crippen LogP contribution < -0.4 is 4.90 Å². The molecule has 0 fully saturated rings. The van der Waals surface area contributed by atoms with Crippen LogP contribution in [0.3, 0.4) is 0 Å². The van der Waals surface area contributed by atoms with Crippen molar-refractivity contribution < 1.29 is 0 Å². The van der Waals surface area contributed by atoms with E-state index in [1.54, 1.807) is 0 Å².